The van der Waals surface area contributed by atoms with Crippen LogP contribution >= 0.6 is 0 Å². The molecule has 0 aromatic rings. The fourth-order valence-electron chi connectivity index (χ4n) is 20.4. The molecule has 147 heavy (non-hydrogen) atoms. The van der Waals surface area contributed by atoms with E-state index >= 15 is 0 Å². The number of hydrogen-bond donors (Lipinski definition) is 8. The van der Waals surface area contributed by atoms with Gasteiger partial charge in [0.25, 0.3) is 0 Å². The van der Waals surface area contributed by atoms with Gasteiger partial charge in [0, 0.05) is 104 Å². The summed E-state index contributed by atoms with van der Waals surface area (Å²) in [5, 5.41) is 24.0. The molecule has 27 nitrogen and oxygen atoms in total. The summed E-state index contributed by atoms with van der Waals surface area (Å²) in [7, 11) is 0. The Balaban J connectivity index is 0.897. The first-order valence-electron chi connectivity index (χ1n) is 58.0. The molecular formula is C120H210N8O19. The molecule has 0 fully saturated rings. The molecule has 2 atom stereocenters. The first-order valence-corrected chi connectivity index (χ1v) is 58.0. The second-order valence-electron chi connectivity index (χ2n) is 44.1. The minimum atomic E-state index is -0.674. The summed E-state index contributed by atoms with van der Waals surface area (Å²) < 4.78 is 62.1. The van der Waals surface area contributed by atoms with Gasteiger partial charge in [0.15, 0.2) is 0 Å². The van der Waals surface area contributed by atoms with E-state index in [2.05, 4.69) is 151 Å². The zero-order valence-electron chi connectivity index (χ0n) is 95.1. The molecule has 0 bridgehead atoms. The minimum absolute atomic E-state index is 0.0854. The molecular weight excluding hydrogens is 1860 g/mol. The molecule has 0 radical (unpaired) electrons. The maximum Gasteiger partial charge on any atom is 0.244 e. The Bertz CT molecular complexity index is 3880. The lowest BCUT2D eigenvalue weighted by Gasteiger charge is -2.34. The van der Waals surface area contributed by atoms with Crippen LogP contribution in [0.5, 0.6) is 0 Å². The third-order valence-corrected chi connectivity index (χ3v) is 29.2. The minimum Gasteiger partial charge on any atom is -0.379 e. The summed E-state index contributed by atoms with van der Waals surface area (Å²) in [5.74, 6) is -0.876. The molecule has 0 spiro atoms. The summed E-state index contributed by atoms with van der Waals surface area (Å²) in [6.07, 6.45) is 58.7. The van der Waals surface area contributed by atoms with Crippen molar-refractivity contribution in [1.29, 1.82) is 0 Å². The number of allylic oxidation sites excluding steroid dienone is 15. The molecule has 27 heteroatoms. The Morgan fingerprint density at radius 3 is 0.898 bits per heavy atom. The van der Waals surface area contributed by atoms with Crippen LogP contribution in [0.3, 0.4) is 0 Å². The summed E-state index contributed by atoms with van der Waals surface area (Å²) in [4.78, 5) is 104. The standard InChI is InChI=1S/C120H210N8O19/c1-97(60-61-106-102(6)51-41-67-120(106,13)14)46-37-47-98(2)96-114(134)124-69-36-34-56-108(128-113(133)59-32-26-20-17-23-29-54-105-101(5)50-40-66-119(105,11)12)116(136)126-73-45-77-140-83-89-144-87-81-138-75-43-71-123-111(131)63-79-142-85-91-146-93-95-147-94-92-145-90-84-141-78-62-110(130)122-70-42-74-137-80-86-143-88-82-139-76-44-72-125-115(135)107(127-112(132)58-31-25-19-16-22-28-53-104-100(4)49-39-65-118(104,9)10)55-33-35-68-121-109(129)57-30-24-18-15-21-27-52-103-99(3)48-38-64-117(103,7)8/h37,46-47,60-61,96,107-108H,15-36,38-45,48-59,62-95H2,1-14H3,(H,121,129)(H,122,130)(H,123,131)(H,124,134)(H,125,135)(H,126,136)(H,127,132)(H,128,133)/b47-37+,61-60+,97-46+,98-96+/t107-,108-/m0/s1. The molecule has 0 aliphatic heterocycles. The molecule has 0 aromatic heterocycles. The molecule has 0 unspecified atom stereocenters. The topological polar surface area (TPSA) is 334 Å². The van der Waals surface area contributed by atoms with Crippen LogP contribution in [0, 0.1) is 21.7 Å². The first kappa shape index (κ1) is 133. The maximum absolute atomic E-state index is 13.6. The van der Waals surface area contributed by atoms with E-state index in [0.717, 1.165) is 81.8 Å². The van der Waals surface area contributed by atoms with Crippen molar-refractivity contribution in [3.05, 3.63) is 92.2 Å². The fraction of sp³-hybridized carbons (Fsp3) is 0.800. The number of nitrogens with one attached hydrogen (secondary N) is 8. The number of carbonyl (C=O) groups excluding carboxylic acids is 8. The highest BCUT2D eigenvalue weighted by Crippen LogP contribution is 2.46. The molecule has 0 saturated heterocycles. The van der Waals surface area contributed by atoms with Crippen LogP contribution in [0.1, 0.15) is 405 Å². The second kappa shape index (κ2) is 83.8. The van der Waals surface area contributed by atoms with Crippen LogP contribution in [0.25, 0.3) is 0 Å². The number of unbranched alkanes of at least 4 members (excludes halogenated alkanes) is 17. The van der Waals surface area contributed by atoms with E-state index in [1.165, 1.54) is 159 Å². The van der Waals surface area contributed by atoms with E-state index < -0.39 is 12.1 Å². The predicted octanol–water partition coefficient (Wildman–Crippen LogP) is 22.0. The van der Waals surface area contributed by atoms with Gasteiger partial charge < -0.3 is 94.6 Å². The van der Waals surface area contributed by atoms with Gasteiger partial charge in [-0.1, -0.05) is 207 Å². The van der Waals surface area contributed by atoms with Crippen LogP contribution in [-0.2, 0) is 90.5 Å². The number of amides is 8. The van der Waals surface area contributed by atoms with E-state index in [1.807, 2.05) is 19.1 Å². The van der Waals surface area contributed by atoms with Crippen LogP contribution in [0.15, 0.2) is 92.2 Å². The van der Waals surface area contributed by atoms with E-state index in [4.69, 9.17) is 52.1 Å². The van der Waals surface area contributed by atoms with Crippen LogP contribution in [0.2, 0.25) is 0 Å². The van der Waals surface area contributed by atoms with Crippen LogP contribution in [0.4, 0.5) is 0 Å². The highest BCUT2D eigenvalue weighted by atomic mass is 16.6. The Labute approximate surface area is 891 Å². The lowest BCUT2D eigenvalue weighted by molar-refractivity contribution is -0.129. The molecule has 8 amide bonds. The number of ether oxygens (including phenoxy) is 11. The van der Waals surface area contributed by atoms with Gasteiger partial charge in [0.05, 0.1) is 119 Å². The molecule has 0 saturated carbocycles. The second-order valence-corrected chi connectivity index (χ2v) is 44.1. The third kappa shape index (κ3) is 67.4. The normalized spacial score (nSPS) is 16.3. The van der Waals surface area contributed by atoms with E-state index in [-0.39, 0.29) is 78.7 Å². The molecule has 4 rings (SSSR count). The van der Waals surface area contributed by atoms with Gasteiger partial charge in [0.1, 0.15) is 12.1 Å². The molecule has 8 N–H and O–H groups in total. The Morgan fingerprint density at radius 2 is 0.558 bits per heavy atom. The average Bonchev–Trinajstić information content (AvgIpc) is 0.832. The van der Waals surface area contributed by atoms with Crippen molar-refractivity contribution in [2.45, 2.75) is 417 Å². The summed E-state index contributed by atoms with van der Waals surface area (Å²) in [6, 6.07) is -1.31. The van der Waals surface area contributed by atoms with E-state index in [9.17, 15) is 38.4 Å². The van der Waals surface area contributed by atoms with E-state index in [0.29, 0.717) is 265 Å². The molecule has 4 aliphatic carbocycles. The Hall–Kier alpha value is -6.76. The van der Waals surface area contributed by atoms with Crippen molar-refractivity contribution >= 4 is 47.3 Å². The monoisotopic (exact) mass is 2070 g/mol. The highest BCUT2D eigenvalue weighted by molar-refractivity contribution is 5.89. The van der Waals surface area contributed by atoms with Gasteiger partial charge in [0.2, 0.25) is 47.3 Å². The Kier molecular flexibility index (Phi) is 75.5. The average molecular weight is 2070 g/mol. The van der Waals surface area contributed by atoms with Crippen molar-refractivity contribution < 1.29 is 90.5 Å². The van der Waals surface area contributed by atoms with Gasteiger partial charge in [-0.25, -0.2) is 0 Å². The summed E-state index contributed by atoms with van der Waals surface area (Å²) >= 11 is 0. The first-order chi connectivity index (χ1) is 70.9. The molecule has 0 heterocycles. The summed E-state index contributed by atoms with van der Waals surface area (Å²) in [6.45, 7) is 43.9. The maximum atomic E-state index is 13.6. The zero-order valence-corrected chi connectivity index (χ0v) is 95.1. The van der Waals surface area contributed by atoms with Gasteiger partial charge in [-0.05, 0) is 273 Å². The van der Waals surface area contributed by atoms with E-state index in [1.54, 1.807) is 39.5 Å². The van der Waals surface area contributed by atoms with Gasteiger partial charge in [-0.15, -0.1) is 0 Å². The lowest BCUT2D eigenvalue weighted by atomic mass is 9.71. The molecule has 0 aromatic carbocycles. The number of rotatable bonds is 92. The van der Waals surface area contributed by atoms with Crippen LogP contribution in [-0.4, -0.2) is 244 Å². The van der Waals surface area contributed by atoms with Gasteiger partial charge in [-0.3, -0.25) is 38.4 Å². The van der Waals surface area contributed by atoms with Crippen molar-refractivity contribution in [3.63, 3.8) is 0 Å². The lowest BCUT2D eigenvalue weighted by Crippen LogP contribution is -2.47. The molecule has 4 aliphatic rings. The third-order valence-electron chi connectivity index (χ3n) is 29.2. The quantitative estimate of drug-likeness (QED) is 0.0121. The predicted molar refractivity (Wildman–Crippen MR) is 594 cm³/mol. The zero-order chi connectivity index (χ0) is 107. The fourth-order valence-corrected chi connectivity index (χ4v) is 20.4. The number of hydrogen-bond acceptors (Lipinski definition) is 19. The highest BCUT2D eigenvalue weighted by Gasteiger charge is 2.32. The molecule has 844 valence electrons. The summed E-state index contributed by atoms with van der Waals surface area (Å²) in [5.41, 5.74) is 15.9. The van der Waals surface area contributed by atoms with Crippen molar-refractivity contribution in [2.75, 3.05) is 185 Å². The largest absolute Gasteiger partial charge is 0.379 e. The van der Waals surface area contributed by atoms with Crippen molar-refractivity contribution in [2.24, 2.45) is 21.7 Å². The Morgan fingerprint density at radius 1 is 0.279 bits per heavy atom. The van der Waals surface area contributed by atoms with Crippen molar-refractivity contribution in [3.8, 4) is 0 Å². The van der Waals surface area contributed by atoms with Crippen molar-refractivity contribution in [1.82, 2.24) is 42.5 Å². The SMILES string of the molecule is CC1=C(/C=C/C(C)=C/C=C/C(C)=C/C(=O)NCCCC[C@H](NC(=O)CCCCCCCCC2=C(C)CCCC2(C)C)C(=O)NCCCOCCOCCOCCCNC(=O)CCOCCOCCOCCOCCOCCC(=O)NCCCOCCOCCOCCCNC(=O)[C@H](CCCCNC(=O)CCCCCCCCC2=C(C)CCCC2(C)C)NC(=O)CCCCCCCCC2=C(C)CCCC2(C)C)C(C)(C)CCC1. The smallest absolute Gasteiger partial charge is 0.244 e. The number of carbonyl (C=O) groups is 8. The van der Waals surface area contributed by atoms with Gasteiger partial charge in [-0.2, -0.15) is 0 Å². The van der Waals surface area contributed by atoms with Crippen LogP contribution < -0.4 is 42.5 Å². The van der Waals surface area contributed by atoms with Gasteiger partial charge >= 0.3 is 0 Å².